The van der Waals surface area contributed by atoms with Gasteiger partial charge in [0, 0.05) is 17.0 Å². The third-order valence-corrected chi connectivity index (χ3v) is 5.51. The van der Waals surface area contributed by atoms with E-state index in [9.17, 15) is 4.39 Å². The van der Waals surface area contributed by atoms with E-state index in [0.29, 0.717) is 6.04 Å². The summed E-state index contributed by atoms with van der Waals surface area (Å²) in [6, 6.07) is 7.44. The Morgan fingerprint density at radius 2 is 1.90 bits per heavy atom. The summed E-state index contributed by atoms with van der Waals surface area (Å²) in [5, 5.41) is 4.43. The van der Waals surface area contributed by atoms with Gasteiger partial charge in [-0.2, -0.15) is 11.8 Å². The summed E-state index contributed by atoms with van der Waals surface area (Å²) in [5.41, 5.74) is 1.22. The highest BCUT2D eigenvalue weighted by atomic mass is 32.2. The molecule has 1 aromatic rings. The van der Waals surface area contributed by atoms with Crippen molar-refractivity contribution < 1.29 is 4.39 Å². The maximum absolute atomic E-state index is 12.9. The number of benzene rings is 1. The minimum atomic E-state index is -0.148. The van der Waals surface area contributed by atoms with Crippen molar-refractivity contribution in [3.8, 4) is 0 Å². The van der Waals surface area contributed by atoms with Gasteiger partial charge in [0.15, 0.2) is 0 Å². The molecule has 1 N–H and O–H groups in total. The van der Waals surface area contributed by atoms with Gasteiger partial charge in [0.25, 0.3) is 0 Å². The Balaban J connectivity index is 1.81. The van der Waals surface area contributed by atoms with Gasteiger partial charge in [-0.25, -0.2) is 4.39 Å². The molecule has 0 amide bonds. The number of hydrogen-bond acceptors (Lipinski definition) is 2. The Morgan fingerprint density at radius 3 is 2.55 bits per heavy atom. The highest BCUT2D eigenvalue weighted by molar-refractivity contribution is 7.99. The summed E-state index contributed by atoms with van der Waals surface area (Å²) >= 11 is 2.13. The van der Waals surface area contributed by atoms with Crippen LogP contribution in [0.3, 0.4) is 0 Å². The molecule has 1 unspecified atom stereocenters. The van der Waals surface area contributed by atoms with Gasteiger partial charge in [-0.1, -0.05) is 38.3 Å². The van der Waals surface area contributed by atoms with Crippen molar-refractivity contribution in [1.82, 2.24) is 5.32 Å². The van der Waals surface area contributed by atoms with Crippen LogP contribution in [0.25, 0.3) is 0 Å². The van der Waals surface area contributed by atoms with E-state index in [1.807, 2.05) is 12.1 Å². The third kappa shape index (κ3) is 5.45. The topological polar surface area (TPSA) is 12.0 Å². The first kappa shape index (κ1) is 15.8. The van der Waals surface area contributed by atoms with Gasteiger partial charge in [0.2, 0.25) is 0 Å². The zero-order valence-corrected chi connectivity index (χ0v) is 13.2. The van der Waals surface area contributed by atoms with E-state index >= 15 is 0 Å². The normalized spacial score (nSPS) is 18.1. The number of thioether (sulfide) groups is 1. The van der Waals surface area contributed by atoms with Crippen molar-refractivity contribution >= 4 is 11.8 Å². The minimum Gasteiger partial charge on any atom is -0.313 e. The number of hydrogen-bond donors (Lipinski definition) is 1. The quantitative estimate of drug-likeness (QED) is 0.799. The fourth-order valence-corrected chi connectivity index (χ4v) is 4.27. The molecule has 0 radical (unpaired) electrons. The molecular weight excluding hydrogens is 269 g/mol. The molecule has 112 valence electrons. The average molecular weight is 295 g/mol. The van der Waals surface area contributed by atoms with E-state index in [-0.39, 0.29) is 5.82 Å². The second-order valence-electron chi connectivity index (χ2n) is 5.68. The molecule has 1 fully saturated rings. The fourth-order valence-electron chi connectivity index (χ4n) is 2.87. The zero-order chi connectivity index (χ0) is 14.2. The first-order valence-electron chi connectivity index (χ1n) is 7.87. The Bertz CT molecular complexity index is 373. The molecule has 0 aliphatic heterocycles. The lowest BCUT2D eigenvalue weighted by atomic mass is 10.0. The smallest absolute Gasteiger partial charge is 0.123 e. The molecule has 0 spiro atoms. The molecule has 1 aliphatic rings. The van der Waals surface area contributed by atoms with Gasteiger partial charge < -0.3 is 5.32 Å². The number of halogens is 1. The SMILES string of the molecule is CCNC(CSC1CCCCC1)Cc1ccc(F)cc1. The summed E-state index contributed by atoms with van der Waals surface area (Å²) < 4.78 is 12.9. The molecule has 3 heteroatoms. The van der Waals surface area contributed by atoms with E-state index in [4.69, 9.17) is 0 Å². The van der Waals surface area contributed by atoms with Crippen LogP contribution >= 0.6 is 11.8 Å². The summed E-state index contributed by atoms with van der Waals surface area (Å²) in [5.74, 6) is 1.01. The molecular formula is C17H26FNS. The zero-order valence-electron chi connectivity index (χ0n) is 12.4. The van der Waals surface area contributed by atoms with Gasteiger partial charge in [0.05, 0.1) is 0 Å². The summed E-state index contributed by atoms with van der Waals surface area (Å²) in [4.78, 5) is 0. The molecule has 2 rings (SSSR count). The van der Waals surface area contributed by atoms with E-state index in [1.165, 1.54) is 37.7 Å². The van der Waals surface area contributed by atoms with Crippen LogP contribution in [0.15, 0.2) is 24.3 Å². The van der Waals surface area contributed by atoms with Crippen LogP contribution in [0, 0.1) is 5.82 Å². The van der Waals surface area contributed by atoms with Crippen LogP contribution in [0.2, 0.25) is 0 Å². The Morgan fingerprint density at radius 1 is 1.20 bits per heavy atom. The van der Waals surface area contributed by atoms with Crippen LogP contribution in [0.1, 0.15) is 44.6 Å². The van der Waals surface area contributed by atoms with E-state index in [2.05, 4.69) is 24.0 Å². The van der Waals surface area contributed by atoms with Gasteiger partial charge in [0.1, 0.15) is 5.82 Å². The first-order valence-corrected chi connectivity index (χ1v) is 8.92. The Labute approximate surface area is 126 Å². The summed E-state index contributed by atoms with van der Waals surface area (Å²) in [7, 11) is 0. The predicted molar refractivity (Wildman–Crippen MR) is 86.9 cm³/mol. The van der Waals surface area contributed by atoms with E-state index in [1.54, 1.807) is 12.1 Å². The lowest BCUT2D eigenvalue weighted by Gasteiger charge is -2.24. The van der Waals surface area contributed by atoms with Crippen molar-refractivity contribution in [2.24, 2.45) is 0 Å². The van der Waals surface area contributed by atoms with Crippen molar-refractivity contribution in [3.05, 3.63) is 35.6 Å². The summed E-state index contributed by atoms with van der Waals surface area (Å²) in [6.45, 7) is 3.15. The highest BCUT2D eigenvalue weighted by Crippen LogP contribution is 2.28. The second kappa shape index (κ2) is 8.68. The van der Waals surface area contributed by atoms with Crippen molar-refractivity contribution in [1.29, 1.82) is 0 Å². The second-order valence-corrected chi connectivity index (χ2v) is 7.01. The van der Waals surface area contributed by atoms with Gasteiger partial charge >= 0.3 is 0 Å². The molecule has 1 nitrogen and oxygen atoms in total. The molecule has 1 aromatic carbocycles. The maximum atomic E-state index is 12.9. The van der Waals surface area contributed by atoms with Gasteiger partial charge in [-0.15, -0.1) is 0 Å². The van der Waals surface area contributed by atoms with Crippen molar-refractivity contribution in [3.63, 3.8) is 0 Å². The van der Waals surface area contributed by atoms with E-state index < -0.39 is 0 Å². The third-order valence-electron chi connectivity index (χ3n) is 3.97. The molecule has 1 aliphatic carbocycles. The van der Waals surface area contributed by atoms with Crippen LogP contribution < -0.4 is 5.32 Å². The highest BCUT2D eigenvalue weighted by Gasteiger charge is 2.16. The average Bonchev–Trinajstić information content (AvgIpc) is 2.48. The molecule has 0 heterocycles. The monoisotopic (exact) mass is 295 g/mol. The molecule has 0 aromatic heterocycles. The number of nitrogens with one attached hydrogen (secondary N) is 1. The minimum absolute atomic E-state index is 0.148. The van der Waals surface area contributed by atoms with Crippen LogP contribution in [-0.4, -0.2) is 23.6 Å². The molecule has 1 atom stereocenters. The lowest BCUT2D eigenvalue weighted by molar-refractivity contribution is 0.513. The number of rotatable bonds is 7. The van der Waals surface area contributed by atoms with Crippen LogP contribution in [0.5, 0.6) is 0 Å². The van der Waals surface area contributed by atoms with Gasteiger partial charge in [-0.05, 0) is 43.5 Å². The predicted octanol–water partition coefficient (Wildman–Crippen LogP) is 4.41. The summed E-state index contributed by atoms with van der Waals surface area (Å²) in [6.07, 6.45) is 8.00. The lowest BCUT2D eigenvalue weighted by Crippen LogP contribution is -2.34. The van der Waals surface area contributed by atoms with Crippen LogP contribution in [-0.2, 0) is 6.42 Å². The van der Waals surface area contributed by atoms with Crippen molar-refractivity contribution in [2.45, 2.75) is 56.7 Å². The Hall–Kier alpha value is -0.540. The fraction of sp³-hybridized carbons (Fsp3) is 0.647. The number of likely N-dealkylation sites (N-methyl/N-ethyl adjacent to an activating group) is 1. The van der Waals surface area contributed by atoms with E-state index in [0.717, 1.165) is 24.0 Å². The van der Waals surface area contributed by atoms with Crippen LogP contribution in [0.4, 0.5) is 4.39 Å². The molecule has 0 saturated heterocycles. The Kier molecular flexibility index (Phi) is 6.88. The largest absolute Gasteiger partial charge is 0.313 e. The molecule has 0 bridgehead atoms. The first-order chi connectivity index (χ1) is 9.78. The van der Waals surface area contributed by atoms with Crippen molar-refractivity contribution in [2.75, 3.05) is 12.3 Å². The maximum Gasteiger partial charge on any atom is 0.123 e. The molecule has 1 saturated carbocycles. The molecule has 20 heavy (non-hydrogen) atoms. The standard InChI is InChI=1S/C17H26FNS/c1-2-19-16(12-14-8-10-15(18)11-9-14)13-20-17-6-4-3-5-7-17/h8-11,16-17,19H,2-7,12-13H2,1H3. The van der Waals surface area contributed by atoms with Gasteiger partial charge in [-0.3, -0.25) is 0 Å².